The summed E-state index contributed by atoms with van der Waals surface area (Å²) >= 11 is 0. The number of anilines is 1. The molecule has 1 saturated heterocycles. The van der Waals surface area contributed by atoms with Crippen LogP contribution in [-0.4, -0.2) is 49.1 Å². The van der Waals surface area contributed by atoms with Crippen LogP contribution in [0.4, 0.5) is 10.1 Å². The number of nitrogens with one attached hydrogen (secondary N) is 1. The zero-order valence-corrected chi connectivity index (χ0v) is 20.8. The zero-order chi connectivity index (χ0) is 24.1. The number of aryl methyl sites for hydroxylation is 1. The first-order chi connectivity index (χ1) is 16.4. The number of benzene rings is 2. The minimum Gasteiger partial charge on any atom is -0.477 e. The van der Waals surface area contributed by atoms with Gasteiger partial charge in [0.2, 0.25) is 0 Å². The molecule has 1 amide bonds. The van der Waals surface area contributed by atoms with Crippen LogP contribution >= 0.6 is 0 Å². The number of ether oxygens (including phenoxy) is 1. The van der Waals surface area contributed by atoms with Crippen LogP contribution < -0.4 is 15.0 Å². The van der Waals surface area contributed by atoms with Crippen LogP contribution in [0.5, 0.6) is 5.75 Å². The summed E-state index contributed by atoms with van der Waals surface area (Å²) < 4.78 is 19.7. The Morgan fingerprint density at radius 1 is 1.18 bits per heavy atom. The summed E-state index contributed by atoms with van der Waals surface area (Å²) in [5.41, 5.74) is 2.47. The van der Waals surface area contributed by atoms with Crippen LogP contribution in [0.15, 0.2) is 42.5 Å². The molecular formula is C28H38FN3O2. The number of piperazine rings is 1. The Balaban J connectivity index is 1.49. The van der Waals surface area contributed by atoms with Crippen LogP contribution in [0.25, 0.3) is 0 Å². The Labute approximate surface area is 203 Å². The van der Waals surface area contributed by atoms with E-state index in [0.717, 1.165) is 57.5 Å². The van der Waals surface area contributed by atoms with Crippen molar-refractivity contribution in [1.29, 1.82) is 0 Å². The highest BCUT2D eigenvalue weighted by Crippen LogP contribution is 2.36. The van der Waals surface area contributed by atoms with Gasteiger partial charge >= 0.3 is 0 Å². The fourth-order valence-electron chi connectivity index (χ4n) is 5.25. The first-order valence-corrected chi connectivity index (χ1v) is 12.7. The molecule has 2 aromatic rings. The Hall–Kier alpha value is -2.44. The van der Waals surface area contributed by atoms with E-state index in [1.165, 1.54) is 23.3 Å². The van der Waals surface area contributed by atoms with Gasteiger partial charge in [0, 0.05) is 45.0 Å². The average molecular weight is 468 g/mol. The second-order valence-electron chi connectivity index (χ2n) is 9.88. The molecule has 0 spiro atoms. The van der Waals surface area contributed by atoms with E-state index in [1.807, 2.05) is 13.1 Å². The van der Waals surface area contributed by atoms with Crippen molar-refractivity contribution >= 4 is 11.6 Å². The second-order valence-corrected chi connectivity index (χ2v) is 9.88. The van der Waals surface area contributed by atoms with Crippen molar-refractivity contribution < 1.29 is 13.9 Å². The molecular weight excluding hydrogens is 429 g/mol. The van der Waals surface area contributed by atoms with Gasteiger partial charge in [-0.15, -0.1) is 0 Å². The first kappa shape index (κ1) is 24.7. The van der Waals surface area contributed by atoms with Crippen molar-refractivity contribution in [1.82, 2.24) is 10.2 Å². The molecule has 1 aliphatic heterocycles. The van der Waals surface area contributed by atoms with E-state index in [1.54, 1.807) is 17.0 Å². The number of halogens is 1. The maximum Gasteiger partial charge on any atom is 0.270 e. The molecule has 0 radical (unpaired) electrons. The summed E-state index contributed by atoms with van der Waals surface area (Å²) in [6.07, 6.45) is 5.48. The maximum absolute atomic E-state index is 13.8. The van der Waals surface area contributed by atoms with Gasteiger partial charge in [0.05, 0.1) is 0 Å². The van der Waals surface area contributed by atoms with Crippen molar-refractivity contribution in [2.24, 2.45) is 0 Å². The van der Waals surface area contributed by atoms with Crippen molar-refractivity contribution in [2.75, 3.05) is 31.6 Å². The quantitative estimate of drug-likeness (QED) is 0.618. The predicted molar refractivity (Wildman–Crippen MR) is 135 cm³/mol. The van der Waals surface area contributed by atoms with Crippen molar-refractivity contribution in [3.8, 4) is 5.75 Å². The van der Waals surface area contributed by atoms with Crippen LogP contribution in [0.3, 0.4) is 0 Å². The molecule has 1 atom stereocenters. The molecule has 0 unspecified atom stereocenters. The number of carbonyl (C=O) groups excluding carboxylic acids is 1. The lowest BCUT2D eigenvalue weighted by Crippen LogP contribution is -2.53. The molecule has 2 aliphatic rings. The molecule has 1 N–H and O–H groups in total. The lowest BCUT2D eigenvalue weighted by molar-refractivity contribution is -0.136. The first-order valence-electron chi connectivity index (χ1n) is 12.7. The molecule has 184 valence electrons. The van der Waals surface area contributed by atoms with Gasteiger partial charge in [-0.25, -0.2) is 4.39 Å². The van der Waals surface area contributed by atoms with E-state index < -0.39 is 5.60 Å². The third kappa shape index (κ3) is 5.61. The van der Waals surface area contributed by atoms with Crippen molar-refractivity contribution in [2.45, 2.75) is 70.6 Å². The minimum atomic E-state index is -0.909. The maximum atomic E-state index is 13.8. The Morgan fingerprint density at radius 3 is 2.59 bits per heavy atom. The summed E-state index contributed by atoms with van der Waals surface area (Å²) in [6.45, 7) is 8.44. The van der Waals surface area contributed by atoms with Gasteiger partial charge in [0.25, 0.3) is 5.91 Å². The van der Waals surface area contributed by atoms with E-state index in [2.05, 4.69) is 36.2 Å². The van der Waals surface area contributed by atoms with Gasteiger partial charge < -0.3 is 15.0 Å². The molecule has 4 rings (SSSR count). The normalized spacial score (nSPS) is 20.6. The molecule has 34 heavy (non-hydrogen) atoms. The predicted octanol–water partition coefficient (Wildman–Crippen LogP) is 5.06. The number of rotatable bonds is 7. The van der Waals surface area contributed by atoms with Gasteiger partial charge in [-0.2, -0.15) is 0 Å². The SMILES string of the molecule is CC[C@H]1CN(Cc2ccc(N(C)C(=O)C3(Oc4ccc(F)cc4)CCCCC3)cc2C)CCN1. The highest BCUT2D eigenvalue weighted by atomic mass is 19.1. The van der Waals surface area contributed by atoms with Gasteiger partial charge in [-0.3, -0.25) is 9.69 Å². The van der Waals surface area contributed by atoms with Gasteiger partial charge in [-0.05, 0) is 86.6 Å². The van der Waals surface area contributed by atoms with Crippen LogP contribution in [0, 0.1) is 12.7 Å². The Bertz CT molecular complexity index is 972. The Kier molecular flexibility index (Phi) is 7.89. The summed E-state index contributed by atoms with van der Waals surface area (Å²) in [7, 11) is 1.84. The summed E-state index contributed by atoms with van der Waals surface area (Å²) in [6, 6.07) is 12.9. The smallest absolute Gasteiger partial charge is 0.270 e. The lowest BCUT2D eigenvalue weighted by Gasteiger charge is -2.39. The van der Waals surface area contributed by atoms with Crippen LogP contribution in [0.1, 0.15) is 56.6 Å². The molecule has 2 aromatic carbocycles. The highest BCUT2D eigenvalue weighted by molar-refractivity contribution is 5.99. The third-order valence-electron chi connectivity index (χ3n) is 7.42. The molecule has 1 heterocycles. The third-order valence-corrected chi connectivity index (χ3v) is 7.42. The second kappa shape index (κ2) is 10.9. The number of likely N-dealkylation sites (N-methyl/N-ethyl adjacent to an activating group) is 1. The minimum absolute atomic E-state index is 0.0310. The van der Waals surface area contributed by atoms with Crippen LogP contribution in [0.2, 0.25) is 0 Å². The molecule has 5 nitrogen and oxygen atoms in total. The Morgan fingerprint density at radius 2 is 1.91 bits per heavy atom. The highest BCUT2D eigenvalue weighted by Gasteiger charge is 2.44. The summed E-state index contributed by atoms with van der Waals surface area (Å²) in [5.74, 6) is 0.199. The van der Waals surface area contributed by atoms with Crippen molar-refractivity contribution in [3.05, 3.63) is 59.4 Å². The standard InChI is InChI=1S/C28H38FN3O2/c1-4-24-20-32(17-16-30-24)19-22-8-11-25(18-21(22)2)31(3)27(33)28(14-6-5-7-15-28)34-26-12-9-23(29)10-13-26/h8-13,18,24,30H,4-7,14-17,19-20H2,1-3H3/t24-/m0/s1. The molecule has 0 aromatic heterocycles. The topological polar surface area (TPSA) is 44.8 Å². The largest absolute Gasteiger partial charge is 0.477 e. The number of carbonyl (C=O) groups is 1. The molecule has 0 bridgehead atoms. The fourth-order valence-corrected chi connectivity index (χ4v) is 5.25. The van der Waals surface area contributed by atoms with Gasteiger partial charge in [-0.1, -0.05) is 19.4 Å². The summed E-state index contributed by atoms with van der Waals surface area (Å²) in [4.78, 5) is 18.0. The van der Waals surface area contributed by atoms with Gasteiger partial charge in [0.1, 0.15) is 11.6 Å². The van der Waals surface area contributed by atoms with Crippen LogP contribution in [-0.2, 0) is 11.3 Å². The van der Waals surface area contributed by atoms with E-state index in [4.69, 9.17) is 4.74 Å². The number of amides is 1. The molecule has 6 heteroatoms. The lowest BCUT2D eigenvalue weighted by atomic mass is 9.83. The van der Waals surface area contributed by atoms with E-state index in [9.17, 15) is 9.18 Å². The molecule has 1 aliphatic carbocycles. The number of nitrogens with zero attached hydrogens (tertiary/aromatic N) is 2. The number of hydrogen-bond acceptors (Lipinski definition) is 4. The monoisotopic (exact) mass is 467 g/mol. The van der Waals surface area contributed by atoms with Crippen molar-refractivity contribution in [3.63, 3.8) is 0 Å². The van der Waals surface area contributed by atoms with E-state index >= 15 is 0 Å². The number of hydrogen-bond donors (Lipinski definition) is 1. The van der Waals surface area contributed by atoms with Gasteiger partial charge in [0.15, 0.2) is 5.60 Å². The fraction of sp³-hybridized carbons (Fsp3) is 0.536. The average Bonchev–Trinajstić information content (AvgIpc) is 2.86. The summed E-state index contributed by atoms with van der Waals surface area (Å²) in [5, 5.41) is 3.57. The van der Waals surface area contributed by atoms with E-state index in [0.29, 0.717) is 24.6 Å². The zero-order valence-electron chi connectivity index (χ0n) is 20.8. The molecule has 2 fully saturated rings. The molecule has 1 saturated carbocycles. The van der Waals surface area contributed by atoms with E-state index in [-0.39, 0.29) is 11.7 Å².